The second kappa shape index (κ2) is 10.8. The highest BCUT2D eigenvalue weighted by Gasteiger charge is 2.37. The second-order valence-electron chi connectivity index (χ2n) is 9.58. The number of nitrogens with one attached hydrogen (secondary N) is 1. The van der Waals surface area contributed by atoms with Crippen LogP contribution in [0.25, 0.3) is 11.1 Å². The zero-order valence-corrected chi connectivity index (χ0v) is 20.7. The molecule has 0 saturated carbocycles. The summed E-state index contributed by atoms with van der Waals surface area (Å²) in [6.45, 7) is 4.07. The van der Waals surface area contributed by atoms with Crippen LogP contribution in [-0.2, 0) is 0 Å². The van der Waals surface area contributed by atoms with Gasteiger partial charge >= 0.3 is 12.1 Å². The molecule has 188 valence electrons. The average Bonchev–Trinajstić information content (AvgIpc) is 3.45. The Morgan fingerprint density at radius 1 is 0.919 bits per heavy atom. The van der Waals surface area contributed by atoms with E-state index in [1.54, 1.807) is 4.90 Å². The second-order valence-corrected chi connectivity index (χ2v) is 9.58. The van der Waals surface area contributed by atoms with Crippen LogP contribution >= 0.6 is 0 Å². The quantitative estimate of drug-likeness (QED) is 0.327. The summed E-state index contributed by atoms with van der Waals surface area (Å²) in [7, 11) is 0. The first-order chi connectivity index (χ1) is 18.0. The molecule has 6 heteroatoms. The number of hydrogen-bond acceptors (Lipinski definition) is 4. The molecule has 0 spiro atoms. The number of benzene rings is 2. The number of nitrogens with zero attached hydrogens (tertiary/aromatic N) is 1. The van der Waals surface area contributed by atoms with E-state index in [0.717, 1.165) is 6.54 Å². The number of carbonyl (C=O) groups is 2. The van der Waals surface area contributed by atoms with Gasteiger partial charge in [0, 0.05) is 31.6 Å². The summed E-state index contributed by atoms with van der Waals surface area (Å²) >= 11 is 0. The zero-order valence-electron chi connectivity index (χ0n) is 20.7. The highest BCUT2D eigenvalue weighted by Crippen LogP contribution is 2.35. The van der Waals surface area contributed by atoms with Crippen molar-refractivity contribution in [3.8, 4) is 16.9 Å². The SMILES string of the molecule is CC(NC[C@H]1CN(C(=O)Oc2ccc(C(=O)O)cc2)C[C@@H]1c1ccccc1)c1ccc2cccccc1-2. The van der Waals surface area contributed by atoms with Gasteiger partial charge in [0.1, 0.15) is 5.75 Å². The number of aromatic carboxylic acids is 1. The summed E-state index contributed by atoms with van der Waals surface area (Å²) < 4.78 is 5.58. The molecule has 2 aromatic carbocycles. The average molecular weight is 495 g/mol. The minimum atomic E-state index is -1.02. The maximum Gasteiger partial charge on any atom is 0.415 e. The fraction of sp³-hybridized carbons (Fsp3) is 0.226. The summed E-state index contributed by atoms with van der Waals surface area (Å²) in [5.74, 6) is -0.296. The number of rotatable bonds is 7. The Bertz CT molecular complexity index is 1340. The number of hydrogen-bond donors (Lipinski definition) is 2. The Hall–Kier alpha value is -4.16. The van der Waals surface area contributed by atoms with Crippen LogP contribution in [0.2, 0.25) is 0 Å². The zero-order chi connectivity index (χ0) is 25.8. The van der Waals surface area contributed by atoms with Gasteiger partial charge in [-0.2, -0.15) is 0 Å². The van der Waals surface area contributed by atoms with Crippen molar-refractivity contribution in [2.75, 3.05) is 19.6 Å². The van der Waals surface area contributed by atoms with Crippen molar-refractivity contribution in [3.05, 3.63) is 114 Å². The monoisotopic (exact) mass is 494 g/mol. The van der Waals surface area contributed by atoms with Crippen LogP contribution in [0.3, 0.4) is 0 Å². The predicted octanol–water partition coefficient (Wildman–Crippen LogP) is 6.05. The third-order valence-electron chi connectivity index (χ3n) is 7.21. The van der Waals surface area contributed by atoms with Gasteiger partial charge < -0.3 is 20.1 Å². The van der Waals surface area contributed by atoms with Crippen LogP contribution in [0, 0.1) is 5.92 Å². The van der Waals surface area contributed by atoms with E-state index in [9.17, 15) is 9.59 Å². The first kappa shape index (κ1) is 24.5. The number of carboxylic acid groups (broad SMARTS) is 1. The normalized spacial score (nSPS) is 18.0. The molecule has 3 atom stereocenters. The predicted molar refractivity (Wildman–Crippen MR) is 143 cm³/mol. The van der Waals surface area contributed by atoms with Crippen molar-refractivity contribution in [2.45, 2.75) is 18.9 Å². The maximum absolute atomic E-state index is 13.0. The van der Waals surface area contributed by atoms with Crippen LogP contribution < -0.4 is 10.1 Å². The molecule has 37 heavy (non-hydrogen) atoms. The van der Waals surface area contributed by atoms with Crippen molar-refractivity contribution in [3.63, 3.8) is 0 Å². The lowest BCUT2D eigenvalue weighted by Crippen LogP contribution is -2.33. The van der Waals surface area contributed by atoms with Gasteiger partial charge in [0.15, 0.2) is 0 Å². The van der Waals surface area contributed by atoms with Crippen LogP contribution in [-0.4, -0.2) is 41.7 Å². The van der Waals surface area contributed by atoms with E-state index in [4.69, 9.17) is 9.84 Å². The standard InChI is InChI=1S/C31H30N2O4/c1-21(27-17-14-23-10-6-3-7-11-28(23)27)32-18-25-19-33(20-29(25)22-8-4-2-5-9-22)31(36)37-26-15-12-24(13-16-26)30(34)35/h2-17,21,25,29,32H,18-20H2,1H3,(H,34,35)/t21?,25-,29+/m0/s1. The molecular weight excluding hydrogens is 464 g/mol. The van der Waals surface area contributed by atoms with Gasteiger partial charge in [-0.3, -0.25) is 0 Å². The molecule has 1 unspecified atom stereocenters. The fourth-order valence-electron chi connectivity index (χ4n) is 5.19. The van der Waals surface area contributed by atoms with Crippen LogP contribution in [0.15, 0.2) is 97.1 Å². The first-order valence-electron chi connectivity index (χ1n) is 12.6. The third-order valence-corrected chi connectivity index (χ3v) is 7.21. The van der Waals surface area contributed by atoms with Crippen LogP contribution in [0.4, 0.5) is 4.79 Å². The van der Waals surface area contributed by atoms with E-state index < -0.39 is 12.1 Å². The molecule has 1 heterocycles. The van der Waals surface area contributed by atoms with Crippen molar-refractivity contribution >= 4 is 12.1 Å². The molecule has 1 amide bonds. The van der Waals surface area contributed by atoms with E-state index in [0.29, 0.717) is 18.8 Å². The topological polar surface area (TPSA) is 78.9 Å². The van der Waals surface area contributed by atoms with E-state index in [-0.39, 0.29) is 23.4 Å². The van der Waals surface area contributed by atoms with Gasteiger partial charge in [-0.25, -0.2) is 9.59 Å². The Morgan fingerprint density at radius 2 is 1.62 bits per heavy atom. The summed E-state index contributed by atoms with van der Waals surface area (Å²) in [6, 6.07) is 31.1. The number of carboxylic acids is 1. The number of amides is 1. The van der Waals surface area contributed by atoms with Gasteiger partial charge in [-0.1, -0.05) is 72.8 Å². The minimum absolute atomic E-state index is 0.150. The lowest BCUT2D eigenvalue weighted by Gasteiger charge is -2.22. The smallest absolute Gasteiger partial charge is 0.415 e. The van der Waals surface area contributed by atoms with Gasteiger partial charge in [0.05, 0.1) is 5.56 Å². The van der Waals surface area contributed by atoms with Gasteiger partial charge in [-0.15, -0.1) is 0 Å². The molecule has 6 nitrogen and oxygen atoms in total. The molecule has 0 aromatic heterocycles. The first-order valence-corrected chi connectivity index (χ1v) is 12.6. The van der Waals surface area contributed by atoms with Gasteiger partial charge in [-0.05, 0) is 59.4 Å². The molecule has 2 aromatic rings. The fourth-order valence-corrected chi connectivity index (χ4v) is 5.19. The molecule has 2 N–H and O–H groups in total. The lowest BCUT2D eigenvalue weighted by atomic mass is 9.88. The van der Waals surface area contributed by atoms with Gasteiger partial charge in [0.25, 0.3) is 0 Å². The Morgan fingerprint density at radius 3 is 2.35 bits per heavy atom. The Kier molecular flexibility index (Phi) is 7.19. The molecule has 0 radical (unpaired) electrons. The lowest BCUT2D eigenvalue weighted by molar-refractivity contribution is 0.0697. The highest BCUT2D eigenvalue weighted by molar-refractivity contribution is 5.87. The van der Waals surface area contributed by atoms with E-state index >= 15 is 0 Å². The molecule has 5 rings (SSSR count). The van der Waals surface area contributed by atoms with E-state index in [2.05, 4.69) is 60.8 Å². The molecule has 3 aliphatic rings. The Labute approximate surface area is 216 Å². The number of ether oxygens (including phenoxy) is 1. The molecular formula is C31H30N2O4. The van der Waals surface area contributed by atoms with E-state index in [1.807, 2.05) is 24.3 Å². The maximum atomic E-state index is 13.0. The van der Waals surface area contributed by atoms with Crippen molar-refractivity contribution in [2.24, 2.45) is 5.92 Å². The Balaban J connectivity index is 1.28. The highest BCUT2D eigenvalue weighted by atomic mass is 16.6. The summed E-state index contributed by atoms with van der Waals surface area (Å²) in [4.78, 5) is 25.9. The molecule has 1 aliphatic heterocycles. The molecule has 1 fully saturated rings. The minimum Gasteiger partial charge on any atom is -0.478 e. The van der Waals surface area contributed by atoms with Gasteiger partial charge in [0.2, 0.25) is 0 Å². The molecule has 0 bridgehead atoms. The number of fused-ring (bicyclic) bond motifs is 1. The summed E-state index contributed by atoms with van der Waals surface area (Å²) in [5, 5.41) is 12.8. The molecule has 1 saturated heterocycles. The molecule has 2 aliphatic carbocycles. The summed E-state index contributed by atoms with van der Waals surface area (Å²) in [5.41, 5.74) is 5.09. The third kappa shape index (κ3) is 5.49. The van der Waals surface area contributed by atoms with E-state index in [1.165, 1.54) is 46.5 Å². The van der Waals surface area contributed by atoms with Crippen LogP contribution in [0.5, 0.6) is 5.75 Å². The van der Waals surface area contributed by atoms with Crippen LogP contribution in [0.1, 0.15) is 40.4 Å². The number of carbonyl (C=O) groups excluding carboxylic acids is 1. The van der Waals surface area contributed by atoms with Crippen molar-refractivity contribution in [1.82, 2.24) is 10.2 Å². The largest absolute Gasteiger partial charge is 0.478 e. The van der Waals surface area contributed by atoms with Crippen molar-refractivity contribution in [1.29, 1.82) is 0 Å². The summed E-state index contributed by atoms with van der Waals surface area (Å²) in [6.07, 6.45) is -0.422. The van der Waals surface area contributed by atoms with Crippen molar-refractivity contribution < 1.29 is 19.4 Å². The number of likely N-dealkylation sites (tertiary alicyclic amines) is 1.